The van der Waals surface area contributed by atoms with Gasteiger partial charge in [0.25, 0.3) is 0 Å². The molecule has 0 aromatic carbocycles. The number of nitrogens with zero attached hydrogens (tertiary/aromatic N) is 1. The molecule has 1 rings (SSSR count). The molecule has 0 radical (unpaired) electrons. The van der Waals surface area contributed by atoms with Crippen LogP contribution in [0.2, 0.25) is 0 Å². The van der Waals surface area contributed by atoms with E-state index in [1.165, 1.54) is 13.8 Å². The number of hydrogen-bond donors (Lipinski definition) is 3. The summed E-state index contributed by atoms with van der Waals surface area (Å²) in [5.41, 5.74) is 4.52. The van der Waals surface area contributed by atoms with Crippen molar-refractivity contribution in [2.24, 2.45) is 5.73 Å². The lowest BCUT2D eigenvalue weighted by Crippen LogP contribution is -2.52. The van der Waals surface area contributed by atoms with Crippen LogP contribution < -0.4 is 10.5 Å². The minimum Gasteiger partial charge on any atom is -0.368 e. The van der Waals surface area contributed by atoms with E-state index >= 15 is 0 Å². The fourth-order valence-corrected chi connectivity index (χ4v) is 3.13. The van der Waals surface area contributed by atoms with Crippen LogP contribution in [0.5, 0.6) is 0 Å². The zero-order valence-electron chi connectivity index (χ0n) is 10.2. The van der Waals surface area contributed by atoms with E-state index < -0.39 is 21.5 Å². The Bertz CT molecular complexity index is 525. The molecule has 96 valence electrons. The number of aryl methyl sites for hydroxylation is 2. The summed E-state index contributed by atoms with van der Waals surface area (Å²) in [7, 11) is -3.83. The number of hydrogen-bond acceptors (Lipinski definition) is 4. The number of primary amides is 1. The average Bonchev–Trinajstić information content (AvgIpc) is 2.44. The summed E-state index contributed by atoms with van der Waals surface area (Å²) in [6.07, 6.45) is 0. The van der Waals surface area contributed by atoms with Gasteiger partial charge in [0.2, 0.25) is 15.9 Å². The van der Waals surface area contributed by atoms with Gasteiger partial charge in [0.05, 0.1) is 11.4 Å². The predicted molar refractivity (Wildman–Crippen MR) is 61.7 cm³/mol. The van der Waals surface area contributed by atoms with Gasteiger partial charge in [-0.1, -0.05) is 0 Å². The molecule has 1 amide bonds. The molecule has 0 bridgehead atoms. The number of nitrogens with one attached hydrogen (secondary N) is 2. The maximum atomic E-state index is 12.1. The monoisotopic (exact) mass is 260 g/mol. The summed E-state index contributed by atoms with van der Waals surface area (Å²) in [5.74, 6) is -0.750. The molecule has 0 fully saturated rings. The van der Waals surface area contributed by atoms with E-state index in [4.69, 9.17) is 5.73 Å². The van der Waals surface area contributed by atoms with E-state index in [0.29, 0.717) is 11.4 Å². The molecule has 0 aliphatic carbocycles. The molecule has 0 atom stereocenters. The lowest BCUT2D eigenvalue weighted by molar-refractivity contribution is -0.122. The molecule has 0 aliphatic heterocycles. The molecule has 0 saturated heterocycles. The summed E-state index contributed by atoms with van der Waals surface area (Å²) in [6.45, 7) is 5.95. The fraction of sp³-hybridized carbons (Fsp3) is 0.556. The Kier molecular flexibility index (Phi) is 3.30. The maximum Gasteiger partial charge on any atom is 0.245 e. The van der Waals surface area contributed by atoms with Crippen molar-refractivity contribution in [3.8, 4) is 0 Å². The number of carbonyl (C=O) groups is 1. The van der Waals surface area contributed by atoms with Crippen LogP contribution in [0.1, 0.15) is 25.2 Å². The number of amides is 1. The van der Waals surface area contributed by atoms with Crippen molar-refractivity contribution in [2.45, 2.75) is 38.1 Å². The minimum absolute atomic E-state index is 0.0480. The van der Waals surface area contributed by atoms with Gasteiger partial charge >= 0.3 is 0 Å². The van der Waals surface area contributed by atoms with Gasteiger partial charge in [-0.05, 0) is 27.7 Å². The smallest absolute Gasteiger partial charge is 0.245 e. The highest BCUT2D eigenvalue weighted by Gasteiger charge is 2.33. The van der Waals surface area contributed by atoms with Crippen molar-refractivity contribution in [1.82, 2.24) is 14.9 Å². The molecule has 0 aliphatic rings. The topological polar surface area (TPSA) is 118 Å². The van der Waals surface area contributed by atoms with Crippen LogP contribution in [-0.2, 0) is 14.8 Å². The Morgan fingerprint density at radius 2 is 1.94 bits per heavy atom. The third-order valence-corrected chi connectivity index (χ3v) is 4.25. The molecule has 0 saturated carbocycles. The molecule has 0 spiro atoms. The minimum atomic E-state index is -3.83. The summed E-state index contributed by atoms with van der Waals surface area (Å²) < 4.78 is 26.4. The van der Waals surface area contributed by atoms with E-state index in [-0.39, 0.29) is 4.90 Å². The van der Waals surface area contributed by atoms with E-state index in [1.807, 2.05) is 0 Å². The van der Waals surface area contributed by atoms with Gasteiger partial charge in [0.1, 0.15) is 10.4 Å². The second-order valence-corrected chi connectivity index (χ2v) is 5.98. The summed E-state index contributed by atoms with van der Waals surface area (Å²) in [4.78, 5) is 11.2. The van der Waals surface area contributed by atoms with Crippen LogP contribution in [0.15, 0.2) is 4.90 Å². The van der Waals surface area contributed by atoms with Crippen molar-refractivity contribution in [3.05, 3.63) is 11.4 Å². The molecule has 0 unspecified atom stereocenters. The normalized spacial score (nSPS) is 12.7. The highest BCUT2D eigenvalue weighted by molar-refractivity contribution is 7.89. The van der Waals surface area contributed by atoms with Gasteiger partial charge in [-0.2, -0.15) is 9.82 Å². The lowest BCUT2D eigenvalue weighted by Gasteiger charge is -2.21. The Morgan fingerprint density at radius 1 is 1.41 bits per heavy atom. The van der Waals surface area contributed by atoms with Crippen LogP contribution in [0.4, 0.5) is 0 Å². The molecular weight excluding hydrogens is 244 g/mol. The van der Waals surface area contributed by atoms with Gasteiger partial charge < -0.3 is 5.73 Å². The SMILES string of the molecule is Cc1n[nH]c(C)c1S(=O)(=O)NC(C)(C)C(N)=O. The molecule has 1 aromatic rings. The van der Waals surface area contributed by atoms with Crippen molar-refractivity contribution in [2.75, 3.05) is 0 Å². The number of aromatic nitrogens is 2. The van der Waals surface area contributed by atoms with E-state index in [1.54, 1.807) is 13.8 Å². The Morgan fingerprint density at radius 3 is 2.29 bits per heavy atom. The van der Waals surface area contributed by atoms with Gasteiger partial charge in [0.15, 0.2) is 0 Å². The predicted octanol–water partition coefficient (Wildman–Crippen LogP) is -0.431. The number of aromatic amines is 1. The van der Waals surface area contributed by atoms with Crippen LogP contribution in [-0.4, -0.2) is 30.1 Å². The first-order valence-corrected chi connectivity index (χ1v) is 6.41. The van der Waals surface area contributed by atoms with Crippen molar-refractivity contribution >= 4 is 15.9 Å². The molecule has 4 N–H and O–H groups in total. The Balaban J connectivity index is 3.19. The quantitative estimate of drug-likeness (QED) is 0.680. The van der Waals surface area contributed by atoms with E-state index in [0.717, 1.165) is 0 Å². The van der Waals surface area contributed by atoms with Crippen molar-refractivity contribution < 1.29 is 13.2 Å². The van der Waals surface area contributed by atoms with Crippen molar-refractivity contribution in [1.29, 1.82) is 0 Å². The second-order valence-electron chi connectivity index (χ2n) is 4.36. The summed E-state index contributed by atoms with van der Waals surface area (Å²) >= 11 is 0. The summed E-state index contributed by atoms with van der Waals surface area (Å²) in [5, 5.41) is 6.37. The first kappa shape index (κ1) is 13.7. The maximum absolute atomic E-state index is 12.1. The largest absolute Gasteiger partial charge is 0.368 e. The first-order valence-electron chi connectivity index (χ1n) is 4.93. The molecule has 7 nitrogen and oxygen atoms in total. The molecular formula is C9H16N4O3S. The second kappa shape index (κ2) is 4.11. The van der Waals surface area contributed by atoms with Crippen LogP contribution in [0.25, 0.3) is 0 Å². The Hall–Kier alpha value is -1.41. The third-order valence-electron chi connectivity index (χ3n) is 2.33. The zero-order chi connectivity index (χ0) is 13.4. The number of nitrogens with two attached hydrogens (primary N) is 1. The number of sulfonamides is 1. The number of H-pyrrole nitrogens is 1. The Labute approximate surface area is 99.8 Å². The molecule has 1 heterocycles. The molecule has 8 heteroatoms. The van der Waals surface area contributed by atoms with E-state index in [9.17, 15) is 13.2 Å². The molecule has 17 heavy (non-hydrogen) atoms. The standard InChI is InChI=1S/C9H16N4O3S/c1-5-7(6(2)12-11-5)17(15,16)13-9(3,4)8(10)14/h13H,1-4H3,(H2,10,14)(H,11,12). The van der Waals surface area contributed by atoms with E-state index in [2.05, 4.69) is 14.9 Å². The van der Waals surface area contributed by atoms with Gasteiger partial charge in [-0.15, -0.1) is 0 Å². The highest BCUT2D eigenvalue weighted by Crippen LogP contribution is 2.18. The van der Waals surface area contributed by atoms with Crippen LogP contribution in [0, 0.1) is 13.8 Å². The first-order chi connectivity index (χ1) is 7.58. The van der Waals surface area contributed by atoms with Crippen LogP contribution >= 0.6 is 0 Å². The molecule has 1 aromatic heterocycles. The zero-order valence-corrected chi connectivity index (χ0v) is 11.0. The third kappa shape index (κ3) is 2.64. The van der Waals surface area contributed by atoms with Crippen LogP contribution in [0.3, 0.4) is 0 Å². The number of rotatable bonds is 4. The average molecular weight is 260 g/mol. The fourth-order valence-electron chi connectivity index (χ4n) is 1.37. The lowest BCUT2D eigenvalue weighted by atomic mass is 10.1. The van der Waals surface area contributed by atoms with Gasteiger partial charge in [0, 0.05) is 0 Å². The summed E-state index contributed by atoms with van der Waals surface area (Å²) in [6, 6.07) is 0. The highest BCUT2D eigenvalue weighted by atomic mass is 32.2. The van der Waals surface area contributed by atoms with Gasteiger partial charge in [-0.3, -0.25) is 9.89 Å². The number of carbonyl (C=O) groups excluding carboxylic acids is 1. The van der Waals surface area contributed by atoms with Crippen molar-refractivity contribution in [3.63, 3.8) is 0 Å². The van der Waals surface area contributed by atoms with Gasteiger partial charge in [-0.25, -0.2) is 8.42 Å².